The summed E-state index contributed by atoms with van der Waals surface area (Å²) < 4.78 is 6.77. The van der Waals surface area contributed by atoms with Crippen molar-refractivity contribution >= 4 is 5.78 Å². The number of nitriles is 1. The maximum atomic E-state index is 12.3. The summed E-state index contributed by atoms with van der Waals surface area (Å²) in [5, 5.41) is 9.81. The van der Waals surface area contributed by atoms with Gasteiger partial charge in [-0.25, -0.2) is 4.89 Å². The molecule has 5 heteroatoms. The van der Waals surface area contributed by atoms with Crippen molar-refractivity contribution in [3.8, 4) is 6.07 Å². The van der Waals surface area contributed by atoms with Gasteiger partial charge in [-0.15, -0.1) is 0 Å². The SMILES string of the molecule is CC1=CC(=O)C=C2CC[C@@](C)(CCC[C@H](C)CCC[C@H](C)CCCC(C)C)O[C@@]12OO[C@@](C)(C#N)CC(C)C. The molecule has 0 radical (unpaired) electrons. The molecule has 0 unspecified atom stereocenters. The van der Waals surface area contributed by atoms with E-state index in [2.05, 4.69) is 54.5 Å². The van der Waals surface area contributed by atoms with Crippen molar-refractivity contribution in [3.05, 3.63) is 23.3 Å². The van der Waals surface area contributed by atoms with Crippen LogP contribution in [0.2, 0.25) is 0 Å². The number of carbonyl (C=O) groups excluding carboxylic acids is 1. The summed E-state index contributed by atoms with van der Waals surface area (Å²) in [4.78, 5) is 24.3. The standard InChI is InChI=1S/C34H57NO4/c1-25(2)13-10-14-27(5)15-11-16-28(6)17-12-19-32(8)20-18-30-22-31(36)21-29(7)34(30,37-32)39-38-33(9,24-35)23-26(3)4/h21-22,25-28H,10-20,23H2,1-9H3/t27-,28-,32-,33-,34-/m1/s1. The zero-order valence-corrected chi connectivity index (χ0v) is 26.5. The van der Waals surface area contributed by atoms with Crippen molar-refractivity contribution < 1.29 is 19.3 Å². The van der Waals surface area contributed by atoms with Crippen LogP contribution in [0.3, 0.4) is 0 Å². The van der Waals surface area contributed by atoms with E-state index in [0.717, 1.165) is 36.7 Å². The van der Waals surface area contributed by atoms with Crippen molar-refractivity contribution in [2.75, 3.05) is 0 Å². The third-order valence-electron chi connectivity index (χ3n) is 8.58. The molecule has 2 rings (SSSR count). The van der Waals surface area contributed by atoms with Crippen LogP contribution in [-0.4, -0.2) is 22.8 Å². The van der Waals surface area contributed by atoms with E-state index in [1.165, 1.54) is 44.9 Å². The van der Waals surface area contributed by atoms with Crippen LogP contribution in [0.4, 0.5) is 0 Å². The maximum Gasteiger partial charge on any atom is 0.247 e. The lowest BCUT2D eigenvalue weighted by molar-refractivity contribution is -0.452. The molecule has 1 heterocycles. The van der Waals surface area contributed by atoms with Crippen LogP contribution in [0.25, 0.3) is 0 Å². The number of ketones is 1. The first-order valence-electron chi connectivity index (χ1n) is 15.6. The average molecular weight is 544 g/mol. The zero-order valence-electron chi connectivity index (χ0n) is 26.5. The fraction of sp³-hybridized carbons (Fsp3) is 0.824. The van der Waals surface area contributed by atoms with Crippen molar-refractivity contribution in [1.82, 2.24) is 0 Å². The Kier molecular flexibility index (Phi) is 12.9. The van der Waals surface area contributed by atoms with Gasteiger partial charge in [0.15, 0.2) is 11.4 Å². The predicted molar refractivity (Wildman–Crippen MR) is 159 cm³/mol. The molecule has 0 N–H and O–H groups in total. The number of ether oxygens (including phenoxy) is 1. The van der Waals surface area contributed by atoms with E-state index in [1.54, 1.807) is 19.1 Å². The number of fused-ring (bicyclic) bond motifs is 1. The Morgan fingerprint density at radius 3 is 2.13 bits per heavy atom. The first kappa shape index (κ1) is 33.7. The summed E-state index contributed by atoms with van der Waals surface area (Å²) in [7, 11) is 0. The fourth-order valence-electron chi connectivity index (χ4n) is 6.19. The molecule has 1 fully saturated rings. The number of allylic oxidation sites excluding steroid dienone is 2. The first-order valence-corrected chi connectivity index (χ1v) is 15.6. The summed E-state index contributed by atoms with van der Waals surface area (Å²) in [6.07, 6.45) is 16.4. The number of nitrogens with zero attached hydrogens (tertiary/aromatic N) is 1. The number of rotatable bonds is 17. The minimum absolute atomic E-state index is 0.0535. The molecule has 0 aromatic rings. The van der Waals surface area contributed by atoms with Gasteiger partial charge >= 0.3 is 0 Å². The highest BCUT2D eigenvalue weighted by Gasteiger charge is 2.52. The Morgan fingerprint density at radius 2 is 1.56 bits per heavy atom. The molecule has 0 aromatic heterocycles. The minimum atomic E-state index is -1.26. The lowest BCUT2D eigenvalue weighted by Gasteiger charge is -2.49. The molecule has 1 aliphatic heterocycles. The highest BCUT2D eigenvalue weighted by atomic mass is 17.2. The average Bonchev–Trinajstić information content (AvgIpc) is 2.83. The van der Waals surface area contributed by atoms with Gasteiger partial charge in [0.2, 0.25) is 5.79 Å². The second-order valence-electron chi connectivity index (χ2n) is 14.0. The summed E-state index contributed by atoms with van der Waals surface area (Å²) in [6.45, 7) is 19.3. The molecular weight excluding hydrogens is 486 g/mol. The van der Waals surface area contributed by atoms with E-state index < -0.39 is 17.0 Å². The van der Waals surface area contributed by atoms with Gasteiger partial charge in [0.05, 0.1) is 5.60 Å². The molecule has 2 aliphatic rings. The molecular formula is C34H57NO4. The highest BCUT2D eigenvalue weighted by molar-refractivity contribution is 6.02. The van der Waals surface area contributed by atoms with Crippen molar-refractivity contribution in [2.45, 2.75) is 156 Å². The van der Waals surface area contributed by atoms with Gasteiger partial charge in [-0.3, -0.25) is 4.79 Å². The quantitative estimate of drug-likeness (QED) is 0.135. The second-order valence-corrected chi connectivity index (χ2v) is 14.0. The monoisotopic (exact) mass is 543 g/mol. The van der Waals surface area contributed by atoms with Crippen molar-refractivity contribution in [3.63, 3.8) is 0 Å². The first-order chi connectivity index (χ1) is 18.2. The van der Waals surface area contributed by atoms with Crippen LogP contribution < -0.4 is 0 Å². The van der Waals surface area contributed by atoms with Crippen molar-refractivity contribution in [2.24, 2.45) is 23.7 Å². The van der Waals surface area contributed by atoms with Gasteiger partial charge in [-0.1, -0.05) is 92.9 Å². The van der Waals surface area contributed by atoms with Gasteiger partial charge < -0.3 is 4.74 Å². The van der Waals surface area contributed by atoms with Gasteiger partial charge in [0, 0.05) is 0 Å². The predicted octanol–water partition coefficient (Wildman–Crippen LogP) is 9.42. The summed E-state index contributed by atoms with van der Waals surface area (Å²) in [6, 6.07) is 2.26. The van der Waals surface area contributed by atoms with Gasteiger partial charge in [0.25, 0.3) is 0 Å². The summed E-state index contributed by atoms with van der Waals surface area (Å²) >= 11 is 0. The van der Waals surface area contributed by atoms with E-state index in [0.29, 0.717) is 24.3 Å². The van der Waals surface area contributed by atoms with E-state index in [9.17, 15) is 10.1 Å². The highest BCUT2D eigenvalue weighted by Crippen LogP contribution is 2.48. The van der Waals surface area contributed by atoms with Gasteiger partial charge in [-0.05, 0) is 93.4 Å². The molecule has 0 bridgehead atoms. The van der Waals surface area contributed by atoms with Crippen LogP contribution in [0.1, 0.15) is 139 Å². The molecule has 0 spiro atoms. The largest absolute Gasteiger partial charge is 0.334 e. The van der Waals surface area contributed by atoms with Gasteiger partial charge in [-0.2, -0.15) is 10.1 Å². The minimum Gasteiger partial charge on any atom is -0.334 e. The Hall–Kier alpha value is -1.48. The van der Waals surface area contributed by atoms with Crippen LogP contribution >= 0.6 is 0 Å². The summed E-state index contributed by atoms with van der Waals surface area (Å²) in [5.41, 5.74) is -0.0432. The maximum absolute atomic E-state index is 12.3. The van der Waals surface area contributed by atoms with E-state index in [-0.39, 0.29) is 11.7 Å². The third kappa shape index (κ3) is 10.5. The molecule has 1 aliphatic carbocycles. The van der Waals surface area contributed by atoms with Gasteiger partial charge in [0.1, 0.15) is 6.07 Å². The summed E-state index contributed by atoms with van der Waals surface area (Å²) in [5.74, 6) is 1.30. The smallest absolute Gasteiger partial charge is 0.247 e. The molecule has 0 saturated carbocycles. The Bertz CT molecular complexity index is 899. The van der Waals surface area contributed by atoms with E-state index in [4.69, 9.17) is 14.5 Å². The zero-order chi connectivity index (χ0) is 29.3. The van der Waals surface area contributed by atoms with Crippen LogP contribution in [0.5, 0.6) is 0 Å². The number of hydrogen-bond acceptors (Lipinski definition) is 5. The Balaban J connectivity index is 1.94. The topological polar surface area (TPSA) is 68.6 Å². The number of carbonyl (C=O) groups is 1. The lowest BCUT2D eigenvalue weighted by atomic mass is 9.79. The molecule has 39 heavy (non-hydrogen) atoms. The number of hydrogen-bond donors (Lipinski definition) is 0. The second kappa shape index (κ2) is 14.9. The molecule has 1 saturated heterocycles. The van der Waals surface area contributed by atoms with Crippen LogP contribution in [0.15, 0.2) is 23.3 Å². The molecule has 222 valence electrons. The fourth-order valence-corrected chi connectivity index (χ4v) is 6.19. The normalized spacial score (nSPS) is 26.5. The van der Waals surface area contributed by atoms with Crippen molar-refractivity contribution in [1.29, 1.82) is 5.26 Å². The molecule has 5 nitrogen and oxygen atoms in total. The lowest BCUT2D eigenvalue weighted by Crippen LogP contribution is -2.53. The van der Waals surface area contributed by atoms with E-state index >= 15 is 0 Å². The molecule has 5 atom stereocenters. The molecule has 0 aromatic carbocycles. The van der Waals surface area contributed by atoms with E-state index in [1.807, 2.05) is 6.92 Å². The molecule has 0 amide bonds. The van der Waals surface area contributed by atoms with Crippen LogP contribution in [-0.2, 0) is 19.3 Å². The Labute approximate surface area is 239 Å². The third-order valence-corrected chi connectivity index (χ3v) is 8.58. The Morgan fingerprint density at radius 1 is 0.974 bits per heavy atom. The van der Waals surface area contributed by atoms with Crippen LogP contribution in [0, 0.1) is 35.0 Å².